The Morgan fingerprint density at radius 1 is 1.39 bits per heavy atom. The van der Waals surface area contributed by atoms with Crippen LogP contribution in [0.2, 0.25) is 0 Å². The number of anilines is 1. The van der Waals surface area contributed by atoms with E-state index in [2.05, 4.69) is 15.5 Å². The molecule has 94 valence electrons. The highest BCUT2D eigenvalue weighted by molar-refractivity contribution is 7.18. The van der Waals surface area contributed by atoms with E-state index in [1.54, 1.807) is 19.1 Å². The molecule has 0 radical (unpaired) electrons. The molecule has 2 aromatic rings. The smallest absolute Gasteiger partial charge is 0.243 e. The summed E-state index contributed by atoms with van der Waals surface area (Å²) in [5.41, 5.74) is 0.744. The molecule has 2 rings (SSSR count). The van der Waals surface area contributed by atoms with Gasteiger partial charge in [0.1, 0.15) is 16.2 Å². The average molecular weight is 286 g/mol. The zero-order valence-corrected chi connectivity index (χ0v) is 10.9. The summed E-state index contributed by atoms with van der Waals surface area (Å²) in [5, 5.41) is 10.6. The van der Waals surface area contributed by atoms with E-state index in [1.165, 1.54) is 23.5 Å². The van der Waals surface area contributed by atoms with Crippen molar-refractivity contribution in [2.24, 2.45) is 0 Å². The minimum atomic E-state index is -0.636. The lowest BCUT2D eigenvalue weighted by Gasteiger charge is -2.00. The molecular weight excluding hydrogens is 277 g/mol. The summed E-state index contributed by atoms with van der Waals surface area (Å²) in [6.07, 6.45) is 0. The van der Waals surface area contributed by atoms with Crippen molar-refractivity contribution in [1.29, 1.82) is 0 Å². The van der Waals surface area contributed by atoms with E-state index >= 15 is 0 Å². The number of benzene rings is 1. The lowest BCUT2D eigenvalue weighted by atomic mass is 10.2. The van der Waals surface area contributed by atoms with Crippen molar-refractivity contribution in [2.75, 3.05) is 5.32 Å². The summed E-state index contributed by atoms with van der Waals surface area (Å²) >= 11 is 6.82. The Kier molecular flexibility index (Phi) is 3.88. The van der Waals surface area contributed by atoms with Crippen LogP contribution < -0.4 is 5.32 Å². The monoisotopic (exact) mass is 285 g/mol. The molecule has 0 aliphatic carbocycles. The van der Waals surface area contributed by atoms with E-state index < -0.39 is 5.38 Å². The predicted octanol–water partition coefficient (Wildman–Crippen LogP) is 2.91. The number of nitrogens with one attached hydrogen (secondary N) is 1. The number of amides is 1. The fourth-order valence-electron chi connectivity index (χ4n) is 1.19. The van der Waals surface area contributed by atoms with Crippen molar-refractivity contribution in [3.8, 4) is 10.6 Å². The van der Waals surface area contributed by atoms with Crippen molar-refractivity contribution in [2.45, 2.75) is 12.3 Å². The van der Waals surface area contributed by atoms with E-state index in [4.69, 9.17) is 11.6 Å². The second-order valence-corrected chi connectivity index (χ2v) is 5.16. The molecular formula is C11H9ClFN3OS. The average Bonchev–Trinajstić information content (AvgIpc) is 2.78. The number of carbonyl (C=O) groups excluding carboxylic acids is 1. The Labute approximate surface area is 112 Å². The molecule has 0 unspecified atom stereocenters. The molecule has 1 aromatic heterocycles. The van der Waals surface area contributed by atoms with Crippen molar-refractivity contribution in [3.05, 3.63) is 30.1 Å². The minimum absolute atomic E-state index is 0.312. The van der Waals surface area contributed by atoms with Gasteiger partial charge in [-0.3, -0.25) is 10.1 Å². The van der Waals surface area contributed by atoms with Crippen LogP contribution in [0.4, 0.5) is 9.52 Å². The Morgan fingerprint density at radius 3 is 2.67 bits per heavy atom. The molecule has 0 saturated carbocycles. The predicted molar refractivity (Wildman–Crippen MR) is 69.2 cm³/mol. The van der Waals surface area contributed by atoms with Gasteiger partial charge in [-0.1, -0.05) is 11.3 Å². The van der Waals surface area contributed by atoms with E-state index in [0.717, 1.165) is 5.56 Å². The van der Waals surface area contributed by atoms with Gasteiger partial charge in [0.05, 0.1) is 0 Å². The first-order chi connectivity index (χ1) is 8.56. The van der Waals surface area contributed by atoms with Crippen LogP contribution in [0.15, 0.2) is 24.3 Å². The van der Waals surface area contributed by atoms with Gasteiger partial charge in [-0.2, -0.15) is 0 Å². The van der Waals surface area contributed by atoms with Gasteiger partial charge in [0.2, 0.25) is 11.0 Å². The van der Waals surface area contributed by atoms with Gasteiger partial charge >= 0.3 is 0 Å². The highest BCUT2D eigenvalue weighted by atomic mass is 35.5. The number of halogens is 2. The molecule has 1 aromatic carbocycles. The largest absolute Gasteiger partial charge is 0.299 e. The molecule has 0 aliphatic rings. The Hall–Kier alpha value is -1.53. The third-order valence-corrected chi connectivity index (χ3v) is 3.19. The fraction of sp³-hybridized carbons (Fsp3) is 0.182. The second kappa shape index (κ2) is 5.41. The van der Waals surface area contributed by atoms with Crippen molar-refractivity contribution < 1.29 is 9.18 Å². The summed E-state index contributed by atoms with van der Waals surface area (Å²) in [4.78, 5) is 11.3. The first kappa shape index (κ1) is 12.9. The minimum Gasteiger partial charge on any atom is -0.299 e. The van der Waals surface area contributed by atoms with Crippen molar-refractivity contribution >= 4 is 34.0 Å². The molecule has 1 heterocycles. The quantitative estimate of drug-likeness (QED) is 0.882. The van der Waals surface area contributed by atoms with E-state index in [1.807, 2.05) is 0 Å². The summed E-state index contributed by atoms with van der Waals surface area (Å²) in [7, 11) is 0. The molecule has 18 heavy (non-hydrogen) atoms. The number of alkyl halides is 1. The van der Waals surface area contributed by atoms with E-state index in [0.29, 0.717) is 10.1 Å². The van der Waals surface area contributed by atoms with Crippen LogP contribution in [0.3, 0.4) is 0 Å². The second-order valence-electron chi connectivity index (χ2n) is 3.52. The number of hydrogen-bond donors (Lipinski definition) is 1. The maximum absolute atomic E-state index is 12.8. The molecule has 1 amide bonds. The molecule has 0 aliphatic heterocycles. The highest BCUT2D eigenvalue weighted by Crippen LogP contribution is 2.26. The van der Waals surface area contributed by atoms with Crippen LogP contribution in [-0.4, -0.2) is 21.5 Å². The van der Waals surface area contributed by atoms with Crippen LogP contribution in [0, 0.1) is 5.82 Å². The summed E-state index contributed by atoms with van der Waals surface area (Å²) < 4.78 is 12.8. The molecule has 1 N–H and O–H groups in total. The molecule has 1 atom stereocenters. The van der Waals surface area contributed by atoms with Crippen LogP contribution in [-0.2, 0) is 4.79 Å². The molecule has 0 saturated heterocycles. The van der Waals surface area contributed by atoms with Crippen LogP contribution >= 0.6 is 22.9 Å². The number of rotatable bonds is 3. The fourth-order valence-corrected chi connectivity index (χ4v) is 1.99. The van der Waals surface area contributed by atoms with E-state index in [9.17, 15) is 9.18 Å². The van der Waals surface area contributed by atoms with Gasteiger partial charge < -0.3 is 0 Å². The van der Waals surface area contributed by atoms with Gasteiger partial charge in [0, 0.05) is 5.56 Å². The van der Waals surface area contributed by atoms with Gasteiger partial charge in [0.25, 0.3) is 0 Å². The molecule has 0 spiro atoms. The topological polar surface area (TPSA) is 54.9 Å². The third kappa shape index (κ3) is 3.02. The SMILES string of the molecule is C[C@@H](Cl)C(=O)Nc1nnc(-c2ccc(F)cc2)s1. The number of nitrogens with zero attached hydrogens (tertiary/aromatic N) is 2. The van der Waals surface area contributed by atoms with Crippen molar-refractivity contribution in [3.63, 3.8) is 0 Å². The maximum Gasteiger partial charge on any atom is 0.243 e. The number of carbonyl (C=O) groups is 1. The summed E-state index contributed by atoms with van der Waals surface area (Å²) in [5.74, 6) is -0.647. The zero-order chi connectivity index (χ0) is 13.1. The highest BCUT2D eigenvalue weighted by Gasteiger charge is 2.13. The van der Waals surface area contributed by atoms with Gasteiger partial charge in [-0.05, 0) is 31.2 Å². The lowest BCUT2D eigenvalue weighted by molar-refractivity contribution is -0.115. The summed E-state index contributed by atoms with van der Waals surface area (Å²) in [6, 6.07) is 5.89. The van der Waals surface area contributed by atoms with Gasteiger partial charge in [0.15, 0.2) is 0 Å². The van der Waals surface area contributed by atoms with E-state index in [-0.39, 0.29) is 11.7 Å². The first-order valence-corrected chi connectivity index (χ1v) is 6.36. The Bertz CT molecular complexity index is 556. The molecule has 0 fully saturated rings. The Morgan fingerprint density at radius 2 is 2.06 bits per heavy atom. The molecule has 4 nitrogen and oxygen atoms in total. The van der Waals surface area contributed by atoms with Crippen LogP contribution in [0.25, 0.3) is 10.6 Å². The Balaban J connectivity index is 2.15. The number of hydrogen-bond acceptors (Lipinski definition) is 4. The van der Waals surface area contributed by atoms with Crippen LogP contribution in [0.5, 0.6) is 0 Å². The summed E-state index contributed by atoms with van der Waals surface area (Å²) in [6.45, 7) is 1.57. The third-order valence-electron chi connectivity index (χ3n) is 2.11. The molecule has 0 bridgehead atoms. The van der Waals surface area contributed by atoms with Crippen LogP contribution in [0.1, 0.15) is 6.92 Å². The number of aromatic nitrogens is 2. The van der Waals surface area contributed by atoms with Gasteiger partial charge in [-0.15, -0.1) is 21.8 Å². The standard InChI is InChI=1S/C11H9ClFN3OS/c1-6(12)9(17)14-11-16-15-10(18-11)7-2-4-8(13)5-3-7/h2-6H,1H3,(H,14,16,17)/t6-/m1/s1. The lowest BCUT2D eigenvalue weighted by Crippen LogP contribution is -2.20. The normalized spacial score (nSPS) is 12.2. The maximum atomic E-state index is 12.8. The molecule has 7 heteroatoms. The first-order valence-electron chi connectivity index (χ1n) is 5.10. The van der Waals surface area contributed by atoms with Gasteiger partial charge in [-0.25, -0.2) is 4.39 Å². The zero-order valence-electron chi connectivity index (χ0n) is 9.35. The van der Waals surface area contributed by atoms with Crippen molar-refractivity contribution in [1.82, 2.24) is 10.2 Å².